The van der Waals surface area contributed by atoms with E-state index in [0.717, 1.165) is 12.8 Å². The van der Waals surface area contributed by atoms with Crippen LogP contribution in [0.25, 0.3) is 0 Å². The Kier molecular flexibility index (Phi) is 5.49. The molecule has 0 saturated heterocycles. The van der Waals surface area contributed by atoms with Gasteiger partial charge in [0.1, 0.15) is 11.9 Å². The summed E-state index contributed by atoms with van der Waals surface area (Å²) in [6.45, 7) is 0. The smallest absolute Gasteiger partial charge is 0.326 e. The Labute approximate surface area is 155 Å². The molecule has 1 atom stereocenters. The highest BCUT2D eigenvalue weighted by Crippen LogP contribution is 2.33. The molecule has 0 aromatic heterocycles. The average Bonchev–Trinajstić information content (AvgIpc) is 3.46. The van der Waals surface area contributed by atoms with Crippen LogP contribution in [0.15, 0.2) is 48.5 Å². The number of carboxylic acid groups (broad SMARTS) is 1. The number of aliphatic carboxylic acids is 1. The molecule has 0 heterocycles. The maximum Gasteiger partial charge on any atom is 0.326 e. The number of carbonyl (C=O) groups excluding carboxylic acids is 2. The summed E-state index contributed by atoms with van der Waals surface area (Å²) in [5.41, 5.74) is 0.904. The molecule has 0 radical (unpaired) electrons. The second kappa shape index (κ2) is 7.99. The van der Waals surface area contributed by atoms with Crippen molar-refractivity contribution in [1.29, 1.82) is 0 Å². The Bertz CT molecular complexity index is 863. The number of hydrogen-bond acceptors (Lipinski definition) is 3. The molecule has 1 aliphatic rings. The first-order chi connectivity index (χ1) is 12.9. The molecule has 0 aliphatic heterocycles. The van der Waals surface area contributed by atoms with Crippen LogP contribution in [0.4, 0.5) is 10.1 Å². The summed E-state index contributed by atoms with van der Waals surface area (Å²) >= 11 is 0. The monoisotopic (exact) mass is 370 g/mol. The number of hydrogen-bond donors (Lipinski definition) is 3. The normalized spacial score (nSPS) is 14.3. The van der Waals surface area contributed by atoms with Gasteiger partial charge >= 0.3 is 5.97 Å². The standard InChI is InChI=1S/C20H19FN2O4/c21-15-8-6-13(7-9-15)18(24)22-16-3-1-2-14(11-16)19(25)23-17(20(26)27)10-12-4-5-12/h1-3,6-9,11-12,17H,4-5,10H2,(H,22,24)(H,23,25)(H,26,27). The number of halogens is 1. The van der Waals surface area contributed by atoms with Gasteiger partial charge in [-0.15, -0.1) is 0 Å². The molecule has 1 aliphatic carbocycles. The fourth-order valence-electron chi connectivity index (χ4n) is 2.69. The molecule has 3 N–H and O–H groups in total. The number of rotatable bonds is 7. The van der Waals surface area contributed by atoms with Crippen LogP contribution < -0.4 is 10.6 Å². The summed E-state index contributed by atoms with van der Waals surface area (Å²) in [5.74, 6) is -2.10. The number of benzene rings is 2. The summed E-state index contributed by atoms with van der Waals surface area (Å²) in [6, 6.07) is 10.4. The molecule has 3 rings (SSSR count). The lowest BCUT2D eigenvalue weighted by Crippen LogP contribution is -2.41. The number of carboxylic acids is 1. The van der Waals surface area contributed by atoms with E-state index in [4.69, 9.17) is 0 Å². The molecule has 0 bridgehead atoms. The maximum atomic E-state index is 12.9. The first kappa shape index (κ1) is 18.6. The van der Waals surface area contributed by atoms with Crippen LogP contribution in [0.1, 0.15) is 40.0 Å². The highest BCUT2D eigenvalue weighted by Gasteiger charge is 2.30. The number of nitrogens with one attached hydrogen (secondary N) is 2. The molecule has 1 unspecified atom stereocenters. The van der Waals surface area contributed by atoms with Gasteiger partial charge in [0, 0.05) is 16.8 Å². The van der Waals surface area contributed by atoms with Crippen molar-refractivity contribution >= 4 is 23.5 Å². The average molecular weight is 370 g/mol. The van der Waals surface area contributed by atoms with E-state index in [1.165, 1.54) is 30.3 Å². The Morgan fingerprint density at radius 2 is 1.74 bits per heavy atom. The van der Waals surface area contributed by atoms with Gasteiger partial charge in [-0.1, -0.05) is 18.9 Å². The lowest BCUT2D eigenvalue weighted by atomic mass is 10.1. The van der Waals surface area contributed by atoms with Gasteiger partial charge in [-0.05, 0) is 54.8 Å². The number of carbonyl (C=O) groups is 3. The number of amides is 2. The highest BCUT2D eigenvalue weighted by atomic mass is 19.1. The molecule has 1 fully saturated rings. The van der Waals surface area contributed by atoms with E-state index in [0.29, 0.717) is 18.0 Å². The Morgan fingerprint density at radius 1 is 1.04 bits per heavy atom. The molecule has 2 amide bonds. The number of anilines is 1. The molecule has 6 nitrogen and oxygen atoms in total. The van der Waals surface area contributed by atoms with Gasteiger partial charge in [-0.25, -0.2) is 9.18 Å². The van der Waals surface area contributed by atoms with Crippen LogP contribution in [0.3, 0.4) is 0 Å². The molecule has 2 aromatic rings. The minimum atomic E-state index is -1.06. The van der Waals surface area contributed by atoms with Crippen molar-refractivity contribution in [3.63, 3.8) is 0 Å². The van der Waals surface area contributed by atoms with E-state index < -0.39 is 29.6 Å². The molecule has 140 valence electrons. The predicted octanol–water partition coefficient (Wildman–Crippen LogP) is 3.06. The summed E-state index contributed by atoms with van der Waals surface area (Å²) in [5, 5.41) is 14.4. The zero-order valence-electron chi connectivity index (χ0n) is 14.4. The Hall–Kier alpha value is -3.22. The van der Waals surface area contributed by atoms with Crippen molar-refractivity contribution in [2.45, 2.75) is 25.3 Å². The molecule has 1 saturated carbocycles. The van der Waals surface area contributed by atoms with Gasteiger partial charge in [-0.2, -0.15) is 0 Å². The molecule has 7 heteroatoms. The third-order valence-electron chi connectivity index (χ3n) is 4.36. The minimum Gasteiger partial charge on any atom is -0.480 e. The van der Waals surface area contributed by atoms with Crippen LogP contribution in [0.2, 0.25) is 0 Å². The van der Waals surface area contributed by atoms with E-state index in [1.54, 1.807) is 18.2 Å². The molecular weight excluding hydrogens is 351 g/mol. The molecular formula is C20H19FN2O4. The van der Waals surface area contributed by atoms with Crippen molar-refractivity contribution in [2.75, 3.05) is 5.32 Å². The Morgan fingerprint density at radius 3 is 2.37 bits per heavy atom. The van der Waals surface area contributed by atoms with Crippen LogP contribution in [-0.4, -0.2) is 28.9 Å². The highest BCUT2D eigenvalue weighted by molar-refractivity contribution is 6.05. The van der Waals surface area contributed by atoms with E-state index in [-0.39, 0.29) is 11.1 Å². The van der Waals surface area contributed by atoms with Crippen molar-refractivity contribution in [2.24, 2.45) is 5.92 Å². The predicted molar refractivity (Wildman–Crippen MR) is 97.0 cm³/mol. The van der Waals surface area contributed by atoms with Gasteiger partial charge < -0.3 is 15.7 Å². The zero-order valence-corrected chi connectivity index (χ0v) is 14.4. The third-order valence-corrected chi connectivity index (χ3v) is 4.36. The van der Waals surface area contributed by atoms with Gasteiger partial charge in [0.2, 0.25) is 0 Å². The molecule has 0 spiro atoms. The van der Waals surface area contributed by atoms with Crippen LogP contribution in [0, 0.1) is 11.7 Å². The first-order valence-corrected chi connectivity index (χ1v) is 8.63. The topological polar surface area (TPSA) is 95.5 Å². The van der Waals surface area contributed by atoms with Crippen molar-refractivity contribution in [1.82, 2.24) is 5.32 Å². The summed E-state index contributed by atoms with van der Waals surface area (Å²) in [7, 11) is 0. The van der Waals surface area contributed by atoms with Crippen molar-refractivity contribution < 1.29 is 23.9 Å². The van der Waals surface area contributed by atoms with Gasteiger partial charge in [-0.3, -0.25) is 9.59 Å². The van der Waals surface area contributed by atoms with Crippen LogP contribution in [-0.2, 0) is 4.79 Å². The zero-order chi connectivity index (χ0) is 19.4. The fraction of sp³-hybridized carbons (Fsp3) is 0.250. The molecule has 2 aromatic carbocycles. The van der Waals surface area contributed by atoms with E-state index in [1.807, 2.05) is 0 Å². The maximum absolute atomic E-state index is 12.9. The third kappa shape index (κ3) is 5.13. The van der Waals surface area contributed by atoms with Gasteiger partial charge in [0.05, 0.1) is 0 Å². The summed E-state index contributed by atoms with van der Waals surface area (Å²) in [4.78, 5) is 35.9. The van der Waals surface area contributed by atoms with Crippen molar-refractivity contribution in [3.05, 3.63) is 65.5 Å². The molecule has 27 heavy (non-hydrogen) atoms. The second-order valence-corrected chi connectivity index (χ2v) is 6.59. The quantitative estimate of drug-likeness (QED) is 0.698. The second-order valence-electron chi connectivity index (χ2n) is 6.59. The minimum absolute atomic E-state index is 0.244. The van der Waals surface area contributed by atoms with E-state index in [9.17, 15) is 23.9 Å². The van der Waals surface area contributed by atoms with Crippen LogP contribution >= 0.6 is 0 Å². The first-order valence-electron chi connectivity index (χ1n) is 8.63. The lowest BCUT2D eigenvalue weighted by molar-refractivity contribution is -0.139. The fourth-order valence-corrected chi connectivity index (χ4v) is 2.69. The summed E-state index contributed by atoms with van der Waals surface area (Å²) < 4.78 is 12.9. The van der Waals surface area contributed by atoms with Gasteiger partial charge in [0.25, 0.3) is 11.8 Å². The SMILES string of the molecule is O=C(Nc1cccc(C(=O)NC(CC2CC2)C(=O)O)c1)c1ccc(F)cc1. The lowest BCUT2D eigenvalue weighted by Gasteiger charge is -2.14. The van der Waals surface area contributed by atoms with Crippen LogP contribution in [0.5, 0.6) is 0 Å². The van der Waals surface area contributed by atoms with Gasteiger partial charge in [0.15, 0.2) is 0 Å². The largest absolute Gasteiger partial charge is 0.480 e. The van der Waals surface area contributed by atoms with E-state index >= 15 is 0 Å². The summed E-state index contributed by atoms with van der Waals surface area (Å²) in [6.07, 6.45) is 2.40. The van der Waals surface area contributed by atoms with Crippen molar-refractivity contribution in [3.8, 4) is 0 Å². The Balaban J connectivity index is 1.66. The van der Waals surface area contributed by atoms with E-state index in [2.05, 4.69) is 10.6 Å².